The van der Waals surface area contributed by atoms with Gasteiger partial charge in [-0.2, -0.15) is 0 Å². The molecular weight excluding hydrogens is 723 g/mol. The lowest BCUT2D eigenvalue weighted by molar-refractivity contribution is -0.929. The van der Waals surface area contributed by atoms with Crippen LogP contribution >= 0.6 is 7.82 Å². The number of phosphoric acid groups is 1. The molecule has 14 nitrogen and oxygen atoms in total. The van der Waals surface area contributed by atoms with Crippen molar-refractivity contribution in [2.45, 2.75) is 195 Å². The number of azide groups is 1. The van der Waals surface area contributed by atoms with Gasteiger partial charge in [-0.3, -0.25) is 23.7 Å². The third kappa shape index (κ3) is 21.6. The van der Waals surface area contributed by atoms with Crippen LogP contribution in [0.2, 0.25) is 0 Å². The smallest absolute Gasteiger partial charge is 0.330 e. The second kappa shape index (κ2) is 29.7. The molecule has 0 aromatic carbocycles. The van der Waals surface area contributed by atoms with E-state index in [0.717, 1.165) is 30.3 Å². The minimum Gasteiger partial charge on any atom is -0.746 e. The van der Waals surface area contributed by atoms with Gasteiger partial charge in [0.15, 0.2) is 0 Å². The molecule has 1 aromatic rings. The second-order valence-corrected chi connectivity index (χ2v) is 16.6. The van der Waals surface area contributed by atoms with E-state index in [-0.39, 0.29) is 18.4 Å². The molecule has 2 rings (SSSR count). The van der Waals surface area contributed by atoms with Crippen LogP contribution in [0.4, 0.5) is 0 Å². The Kier molecular flexibility index (Phi) is 27.3. The number of phosphoric ester groups is 1. The largest absolute Gasteiger partial charge is 0.746 e. The number of rotatable bonds is 30. The molecule has 318 valence electrons. The van der Waals surface area contributed by atoms with Gasteiger partial charge in [-0.05, 0) is 44.6 Å². The number of hydrogen-bond donors (Lipinski definition) is 1. The Morgan fingerprint density at radius 3 is 1.82 bits per heavy atom. The minimum absolute atomic E-state index is 0.0373. The van der Waals surface area contributed by atoms with Gasteiger partial charge in [0.05, 0.1) is 44.9 Å². The number of carbonyl (C=O) groups is 1. The molecule has 1 N–H and O–H groups in total. The van der Waals surface area contributed by atoms with Crippen molar-refractivity contribution in [3.8, 4) is 0 Å². The van der Waals surface area contributed by atoms with Crippen molar-refractivity contribution in [2.75, 3.05) is 32.8 Å². The average molecular weight is 799 g/mol. The average Bonchev–Trinajstić information content (AvgIpc) is 3.56. The molecule has 0 aliphatic carbocycles. The Balaban J connectivity index is 0.000000747. The van der Waals surface area contributed by atoms with Crippen molar-refractivity contribution in [1.29, 1.82) is 0 Å². The van der Waals surface area contributed by atoms with E-state index >= 15 is 0 Å². The van der Waals surface area contributed by atoms with E-state index in [2.05, 4.69) is 54.2 Å². The van der Waals surface area contributed by atoms with Crippen molar-refractivity contribution >= 4 is 13.8 Å². The van der Waals surface area contributed by atoms with Crippen molar-refractivity contribution in [1.82, 2.24) is 9.55 Å². The molecule has 15 heteroatoms. The first-order chi connectivity index (χ1) is 26.4. The van der Waals surface area contributed by atoms with Crippen molar-refractivity contribution in [3.05, 3.63) is 43.0 Å². The van der Waals surface area contributed by atoms with Gasteiger partial charge in [0, 0.05) is 29.5 Å². The summed E-state index contributed by atoms with van der Waals surface area (Å²) < 4.78 is 29.7. The highest BCUT2D eigenvalue weighted by molar-refractivity contribution is 7.46. The van der Waals surface area contributed by atoms with Gasteiger partial charge in [-0.15, -0.1) is 0 Å². The molecule has 4 atom stereocenters. The van der Waals surface area contributed by atoms with Crippen LogP contribution in [0.5, 0.6) is 0 Å². The lowest BCUT2D eigenvalue weighted by Gasteiger charge is -2.39. The maximum absolute atomic E-state index is 12.2. The van der Waals surface area contributed by atoms with Crippen LogP contribution in [0.1, 0.15) is 181 Å². The molecule has 1 saturated heterocycles. The number of H-pyrrole nitrogens is 1. The van der Waals surface area contributed by atoms with Gasteiger partial charge in [-0.25, -0.2) is 4.79 Å². The Labute approximate surface area is 330 Å². The first-order valence-electron chi connectivity index (χ1n) is 21.5. The van der Waals surface area contributed by atoms with Crippen molar-refractivity contribution in [3.63, 3.8) is 0 Å². The number of ether oxygens (including phenoxy) is 1. The first-order valence-corrected chi connectivity index (χ1v) is 22.9. The van der Waals surface area contributed by atoms with E-state index in [9.17, 15) is 23.8 Å². The van der Waals surface area contributed by atoms with Gasteiger partial charge in [0.25, 0.3) is 5.56 Å². The molecule has 55 heavy (non-hydrogen) atoms. The monoisotopic (exact) mass is 799 g/mol. The van der Waals surface area contributed by atoms with E-state index in [1.54, 1.807) is 0 Å². The third-order valence-corrected chi connectivity index (χ3v) is 11.3. The summed E-state index contributed by atoms with van der Waals surface area (Å²) >= 11 is 0. The molecule has 1 aromatic heterocycles. The standard InChI is InChI=1S/C24H40N5O8P.C16H36N/c1-3-4-5-6-7-8-9-10-11-12-13-14-22(30)37-38(33,34)35-17-20-19(27-28-25)15-21(36-20)29-16-18(2)23(31)26-24(29)32;1-5-9-13-17(14-10-6-2,15-11-7-3)16-12-8-4/h16,19-21H,3-15,17H2,1-2H3,(H,33,34)(H,26,31,32);5-16H2,1-4H3/q;+1/p-1/t19-,20+,21+;/m0./s1. The number of hydrogen-bond acceptors (Lipinski definition) is 9. The number of aromatic amines is 1. The van der Waals surface area contributed by atoms with Crippen molar-refractivity contribution in [2.24, 2.45) is 5.11 Å². The maximum atomic E-state index is 12.2. The number of quaternary nitrogens is 1. The van der Waals surface area contributed by atoms with E-state index < -0.39 is 50.0 Å². The highest BCUT2D eigenvalue weighted by Crippen LogP contribution is 2.41. The SMILES string of the molecule is CCCCCCCCCCCCCC(=O)OP(=O)([O-])OC[C@H]1O[C@@H](n2cc(C)c(=O)[nH]c2=O)C[C@@H]1N=[N+]=[N-].CCCC[N+](CCCC)(CCCC)CCCC. The fraction of sp³-hybridized carbons (Fsp3) is 0.875. The number of carbonyl (C=O) groups excluding carboxylic acids is 1. The number of aromatic nitrogens is 2. The first kappa shape index (κ1) is 50.5. The summed E-state index contributed by atoms with van der Waals surface area (Å²) in [6.45, 7) is 18.1. The summed E-state index contributed by atoms with van der Waals surface area (Å²) in [5.74, 6) is -0.897. The topological polar surface area (TPSA) is 189 Å². The summed E-state index contributed by atoms with van der Waals surface area (Å²) in [6, 6.07) is -0.851. The minimum atomic E-state index is -4.97. The predicted molar refractivity (Wildman–Crippen MR) is 218 cm³/mol. The lowest BCUT2D eigenvalue weighted by Crippen LogP contribution is -2.50. The zero-order chi connectivity index (χ0) is 41.0. The summed E-state index contributed by atoms with van der Waals surface area (Å²) in [5, 5.41) is 3.59. The summed E-state index contributed by atoms with van der Waals surface area (Å²) in [7, 11) is -4.97. The molecule has 0 spiro atoms. The molecule has 1 unspecified atom stereocenters. The normalized spacial score (nSPS) is 17.9. The highest BCUT2D eigenvalue weighted by atomic mass is 31.2. The quantitative estimate of drug-likeness (QED) is 0.0199. The molecule has 0 radical (unpaired) electrons. The number of nitrogens with zero attached hydrogens (tertiary/aromatic N) is 5. The Bertz CT molecular complexity index is 1360. The van der Waals surface area contributed by atoms with Crippen LogP contribution in [0.3, 0.4) is 0 Å². The van der Waals surface area contributed by atoms with Crippen LogP contribution in [-0.4, -0.2) is 64.9 Å². The molecule has 0 saturated carbocycles. The van der Waals surface area contributed by atoms with Gasteiger partial charge in [0.1, 0.15) is 6.23 Å². The van der Waals surface area contributed by atoms with E-state index in [4.69, 9.17) is 14.8 Å². The van der Waals surface area contributed by atoms with Gasteiger partial charge >= 0.3 is 19.5 Å². The maximum Gasteiger partial charge on any atom is 0.330 e. The van der Waals surface area contributed by atoms with Crippen LogP contribution in [0, 0.1) is 6.92 Å². The third-order valence-electron chi connectivity index (χ3n) is 10.4. The van der Waals surface area contributed by atoms with E-state index in [1.807, 2.05) is 0 Å². The number of nitrogens with one attached hydrogen (secondary N) is 1. The summed E-state index contributed by atoms with van der Waals surface area (Å²) in [6.07, 6.45) is 22.6. The summed E-state index contributed by atoms with van der Waals surface area (Å²) in [5.41, 5.74) is 7.84. The molecule has 2 heterocycles. The lowest BCUT2D eigenvalue weighted by atomic mass is 10.1. The molecule has 0 amide bonds. The van der Waals surface area contributed by atoms with Crippen molar-refractivity contribution < 1.29 is 32.5 Å². The zero-order valence-electron chi connectivity index (χ0n) is 35.1. The number of unbranched alkanes of at least 4 members (excludes halogenated alkanes) is 14. The second-order valence-electron chi connectivity index (χ2n) is 15.3. The fourth-order valence-corrected chi connectivity index (χ4v) is 7.69. The van der Waals surface area contributed by atoms with Gasteiger partial charge in [-0.1, -0.05) is 130 Å². The van der Waals surface area contributed by atoms with Crippen LogP contribution in [0.25, 0.3) is 10.4 Å². The molecule has 1 aliphatic heterocycles. The molecule has 1 fully saturated rings. The summed E-state index contributed by atoms with van der Waals surface area (Å²) in [4.78, 5) is 52.8. The van der Waals surface area contributed by atoms with E-state index in [1.165, 1.54) is 134 Å². The van der Waals surface area contributed by atoms with Gasteiger partial charge in [0.2, 0.25) is 0 Å². The van der Waals surface area contributed by atoms with Gasteiger partial charge < -0.3 is 23.2 Å². The molecule has 1 aliphatic rings. The Hall–Kier alpha value is -2.47. The number of aryl methyl sites for hydroxylation is 1. The van der Waals surface area contributed by atoms with Crippen LogP contribution in [0.15, 0.2) is 20.9 Å². The zero-order valence-corrected chi connectivity index (χ0v) is 36.0. The Morgan fingerprint density at radius 2 is 1.35 bits per heavy atom. The van der Waals surface area contributed by atoms with E-state index in [0.29, 0.717) is 6.42 Å². The highest BCUT2D eigenvalue weighted by Gasteiger charge is 2.37. The fourth-order valence-electron chi connectivity index (χ4n) is 6.96. The molecule has 0 bridgehead atoms. The molecular formula is C40H75N6O8P. The predicted octanol–water partition coefficient (Wildman–Crippen LogP) is 9.54. The van der Waals surface area contributed by atoms with Crippen LogP contribution < -0.4 is 16.1 Å². The van der Waals surface area contributed by atoms with Crippen LogP contribution in [-0.2, 0) is 23.1 Å². The Morgan fingerprint density at radius 1 is 0.873 bits per heavy atom.